The van der Waals surface area contributed by atoms with E-state index >= 15 is 0 Å². The number of thioether (sulfide) groups is 1. The summed E-state index contributed by atoms with van der Waals surface area (Å²) in [6.07, 6.45) is 0. The summed E-state index contributed by atoms with van der Waals surface area (Å²) in [6, 6.07) is 6.65. The number of ether oxygens (including phenoxy) is 1. The molecule has 0 aliphatic rings. The fourth-order valence-corrected chi connectivity index (χ4v) is 2.35. The molecule has 1 aromatic carbocycles. The quantitative estimate of drug-likeness (QED) is 0.657. The minimum Gasteiger partial charge on any atom is -0.478 e. The molecule has 0 aliphatic heterocycles. The van der Waals surface area contributed by atoms with Gasteiger partial charge in [0.15, 0.2) is 0 Å². The zero-order valence-corrected chi connectivity index (χ0v) is 11.4. The van der Waals surface area contributed by atoms with Crippen LogP contribution >= 0.6 is 11.8 Å². The van der Waals surface area contributed by atoms with Gasteiger partial charge in [0.25, 0.3) is 0 Å². The van der Waals surface area contributed by atoms with Crippen molar-refractivity contribution in [3.05, 3.63) is 29.8 Å². The van der Waals surface area contributed by atoms with Crippen molar-refractivity contribution in [1.82, 2.24) is 0 Å². The van der Waals surface area contributed by atoms with Gasteiger partial charge in [-0.1, -0.05) is 6.07 Å². The summed E-state index contributed by atoms with van der Waals surface area (Å²) in [5.74, 6) is -0.697. The van der Waals surface area contributed by atoms with Gasteiger partial charge in [-0.15, -0.1) is 11.8 Å². The molecule has 0 unspecified atom stereocenters. The third-order valence-corrected chi connectivity index (χ3v) is 3.87. The lowest BCUT2D eigenvalue weighted by atomic mass is 9.97. The van der Waals surface area contributed by atoms with Crippen LogP contribution in [-0.4, -0.2) is 29.9 Å². The standard InChI is InChI=1S/C13H16O4S/c1-13(2,12(16)17-3)8-18-10-6-4-5-9(7-10)11(14)15/h4-7H,8H2,1-3H3,(H,14,15). The summed E-state index contributed by atoms with van der Waals surface area (Å²) in [5, 5.41) is 8.88. The Balaban J connectivity index is 2.72. The van der Waals surface area contributed by atoms with Gasteiger partial charge in [-0.3, -0.25) is 4.79 Å². The van der Waals surface area contributed by atoms with Crippen LogP contribution in [0, 0.1) is 5.41 Å². The molecular weight excluding hydrogens is 252 g/mol. The minimum absolute atomic E-state index is 0.246. The Hall–Kier alpha value is -1.49. The number of carboxylic acid groups (broad SMARTS) is 1. The summed E-state index contributed by atoms with van der Waals surface area (Å²) in [5.41, 5.74) is -0.352. The first-order chi connectivity index (χ1) is 8.36. The number of aromatic carboxylic acids is 1. The smallest absolute Gasteiger partial charge is 0.335 e. The highest BCUT2D eigenvalue weighted by Gasteiger charge is 2.28. The van der Waals surface area contributed by atoms with Gasteiger partial charge in [-0.2, -0.15) is 0 Å². The Morgan fingerprint density at radius 1 is 1.39 bits per heavy atom. The van der Waals surface area contributed by atoms with Crippen LogP contribution in [0.4, 0.5) is 0 Å². The highest BCUT2D eigenvalue weighted by atomic mass is 32.2. The van der Waals surface area contributed by atoms with Crippen LogP contribution < -0.4 is 0 Å². The third-order valence-electron chi connectivity index (χ3n) is 2.42. The van der Waals surface area contributed by atoms with E-state index in [2.05, 4.69) is 0 Å². The number of benzene rings is 1. The van der Waals surface area contributed by atoms with Gasteiger partial charge in [-0.05, 0) is 32.0 Å². The third kappa shape index (κ3) is 3.77. The lowest BCUT2D eigenvalue weighted by Gasteiger charge is -2.20. The van der Waals surface area contributed by atoms with Gasteiger partial charge in [-0.25, -0.2) is 4.79 Å². The predicted octanol–water partition coefficient (Wildman–Crippen LogP) is 2.68. The van der Waals surface area contributed by atoms with E-state index in [0.29, 0.717) is 5.75 Å². The second-order valence-electron chi connectivity index (χ2n) is 4.50. The molecule has 0 amide bonds. The second kappa shape index (κ2) is 5.91. The first-order valence-corrected chi connectivity index (χ1v) is 6.40. The van der Waals surface area contributed by atoms with E-state index in [0.717, 1.165) is 4.90 Å². The first kappa shape index (κ1) is 14.6. The van der Waals surface area contributed by atoms with Crippen molar-refractivity contribution >= 4 is 23.7 Å². The number of hydrogen-bond donors (Lipinski definition) is 1. The van der Waals surface area contributed by atoms with Crippen LogP contribution in [0.2, 0.25) is 0 Å². The van der Waals surface area contributed by atoms with Crippen LogP contribution in [-0.2, 0) is 9.53 Å². The lowest BCUT2D eigenvalue weighted by Crippen LogP contribution is -2.28. The van der Waals surface area contributed by atoms with Crippen LogP contribution in [0.3, 0.4) is 0 Å². The number of carboxylic acids is 1. The second-order valence-corrected chi connectivity index (χ2v) is 5.55. The van der Waals surface area contributed by atoms with Gasteiger partial charge >= 0.3 is 11.9 Å². The summed E-state index contributed by atoms with van der Waals surface area (Å²) >= 11 is 1.44. The van der Waals surface area contributed by atoms with Crippen molar-refractivity contribution in [2.24, 2.45) is 5.41 Å². The van der Waals surface area contributed by atoms with E-state index in [4.69, 9.17) is 9.84 Å². The van der Waals surface area contributed by atoms with E-state index in [1.54, 1.807) is 26.0 Å². The number of rotatable bonds is 5. The van der Waals surface area contributed by atoms with Crippen molar-refractivity contribution < 1.29 is 19.4 Å². The Morgan fingerprint density at radius 3 is 2.61 bits per heavy atom. The number of carbonyl (C=O) groups is 2. The lowest BCUT2D eigenvalue weighted by molar-refractivity contribution is -0.149. The molecule has 98 valence electrons. The van der Waals surface area contributed by atoms with Crippen molar-refractivity contribution in [2.45, 2.75) is 18.7 Å². The van der Waals surface area contributed by atoms with Crippen molar-refractivity contribution in [3.8, 4) is 0 Å². The van der Waals surface area contributed by atoms with Crippen molar-refractivity contribution in [3.63, 3.8) is 0 Å². The number of esters is 1. The molecule has 0 bridgehead atoms. The topological polar surface area (TPSA) is 63.6 Å². The molecule has 0 fully saturated rings. The molecule has 0 spiro atoms. The Bertz CT molecular complexity index is 454. The molecule has 1 rings (SSSR count). The number of carbonyl (C=O) groups excluding carboxylic acids is 1. The Morgan fingerprint density at radius 2 is 2.06 bits per heavy atom. The molecule has 0 aliphatic carbocycles. The van der Waals surface area contributed by atoms with Gasteiger partial charge in [0.1, 0.15) is 0 Å². The summed E-state index contributed by atoms with van der Waals surface area (Å²) < 4.78 is 4.72. The maximum absolute atomic E-state index is 11.5. The van der Waals surface area contributed by atoms with E-state index < -0.39 is 11.4 Å². The normalized spacial score (nSPS) is 11.1. The maximum atomic E-state index is 11.5. The summed E-state index contributed by atoms with van der Waals surface area (Å²) in [7, 11) is 1.36. The highest BCUT2D eigenvalue weighted by molar-refractivity contribution is 7.99. The molecule has 5 heteroatoms. The zero-order chi connectivity index (χ0) is 13.8. The van der Waals surface area contributed by atoms with Crippen LogP contribution in [0.25, 0.3) is 0 Å². The molecule has 0 aromatic heterocycles. The summed E-state index contributed by atoms with van der Waals surface area (Å²) in [4.78, 5) is 23.2. The number of hydrogen-bond acceptors (Lipinski definition) is 4. The maximum Gasteiger partial charge on any atom is 0.335 e. The van der Waals surface area contributed by atoms with Crippen LogP contribution in [0.5, 0.6) is 0 Å². The van der Waals surface area contributed by atoms with Gasteiger partial charge < -0.3 is 9.84 Å². The van der Waals surface area contributed by atoms with E-state index in [1.807, 2.05) is 6.07 Å². The van der Waals surface area contributed by atoms with E-state index in [-0.39, 0.29) is 11.5 Å². The SMILES string of the molecule is COC(=O)C(C)(C)CSc1cccc(C(=O)O)c1. The Kier molecular flexibility index (Phi) is 4.78. The van der Waals surface area contributed by atoms with Gasteiger partial charge in [0, 0.05) is 10.6 Å². The molecule has 1 aromatic rings. The molecule has 0 atom stereocenters. The first-order valence-electron chi connectivity index (χ1n) is 5.41. The molecule has 0 radical (unpaired) electrons. The Labute approximate surface area is 110 Å². The van der Waals surface area contributed by atoms with Gasteiger partial charge in [0.2, 0.25) is 0 Å². The highest BCUT2D eigenvalue weighted by Crippen LogP contribution is 2.29. The molecular formula is C13H16O4S. The molecule has 0 heterocycles. The molecule has 1 N–H and O–H groups in total. The fourth-order valence-electron chi connectivity index (χ4n) is 1.32. The number of methoxy groups -OCH3 is 1. The van der Waals surface area contributed by atoms with Crippen LogP contribution in [0.1, 0.15) is 24.2 Å². The van der Waals surface area contributed by atoms with Crippen molar-refractivity contribution in [2.75, 3.05) is 12.9 Å². The molecule has 0 saturated carbocycles. The average molecular weight is 268 g/mol. The zero-order valence-electron chi connectivity index (χ0n) is 10.6. The fraction of sp³-hybridized carbons (Fsp3) is 0.385. The average Bonchev–Trinajstić information content (AvgIpc) is 2.35. The van der Waals surface area contributed by atoms with E-state index in [9.17, 15) is 9.59 Å². The monoisotopic (exact) mass is 268 g/mol. The molecule has 4 nitrogen and oxygen atoms in total. The summed E-state index contributed by atoms with van der Waals surface area (Å²) in [6.45, 7) is 3.60. The van der Waals surface area contributed by atoms with Crippen molar-refractivity contribution in [1.29, 1.82) is 0 Å². The van der Waals surface area contributed by atoms with E-state index in [1.165, 1.54) is 24.9 Å². The predicted molar refractivity (Wildman–Crippen MR) is 69.9 cm³/mol. The molecule has 0 saturated heterocycles. The molecule has 18 heavy (non-hydrogen) atoms. The minimum atomic E-state index is -0.954. The van der Waals surface area contributed by atoms with Crippen LogP contribution in [0.15, 0.2) is 29.2 Å². The largest absolute Gasteiger partial charge is 0.478 e. The van der Waals surface area contributed by atoms with Gasteiger partial charge in [0.05, 0.1) is 18.1 Å².